The molecule has 0 saturated heterocycles. The third kappa shape index (κ3) is 5.22. The zero-order valence-corrected chi connectivity index (χ0v) is 23.7. The minimum Gasteiger partial charge on any atom is -0.481 e. The topological polar surface area (TPSA) is 109 Å². The number of pyridine rings is 1. The molecule has 8 nitrogen and oxygen atoms in total. The van der Waals surface area contributed by atoms with Crippen molar-refractivity contribution in [1.29, 1.82) is 0 Å². The maximum absolute atomic E-state index is 14.5. The molecule has 3 saturated carbocycles. The fraction of sp³-hybridized carbons (Fsp3) is 0.643. The van der Waals surface area contributed by atoms with Crippen LogP contribution in [0.5, 0.6) is 0 Å². The molecule has 2 heterocycles. The van der Waals surface area contributed by atoms with Crippen LogP contribution in [0.2, 0.25) is 5.02 Å². The summed E-state index contributed by atoms with van der Waals surface area (Å²) in [5, 5.41) is 24.3. The standard InChI is InChI=1S/C28H33ClF4N4O4/c1-26(2)17-8-15(9-18(17)26)36(13-21(38)22-19(29)11-34-12-20(22)30)24(39)16-10-35-37(23(16)28(31,32)33)14-4-6-27(3,7-5-14)25(40)41/h10-12,14-15,17-18,21,38H,4-9,13H2,1-3H3,(H,40,41)/t14-,15-,17+,18-,21-,27-/m1/s1. The first-order chi connectivity index (χ1) is 19.1. The highest BCUT2D eigenvalue weighted by Crippen LogP contribution is 2.67. The van der Waals surface area contributed by atoms with Crippen molar-refractivity contribution in [2.45, 2.75) is 83.7 Å². The van der Waals surface area contributed by atoms with Gasteiger partial charge in [0.2, 0.25) is 0 Å². The number of carboxylic acid groups (broad SMARTS) is 1. The molecule has 0 unspecified atom stereocenters. The van der Waals surface area contributed by atoms with Gasteiger partial charge in [-0.15, -0.1) is 0 Å². The summed E-state index contributed by atoms with van der Waals surface area (Å²) >= 11 is 6.08. The Balaban J connectivity index is 1.47. The molecule has 5 rings (SSSR count). The highest BCUT2D eigenvalue weighted by molar-refractivity contribution is 6.31. The number of hydrogen-bond donors (Lipinski definition) is 2. The van der Waals surface area contributed by atoms with E-state index in [0.29, 0.717) is 12.8 Å². The number of rotatable bonds is 7. The number of halogens is 5. The van der Waals surface area contributed by atoms with E-state index in [0.717, 1.165) is 23.3 Å². The van der Waals surface area contributed by atoms with Crippen molar-refractivity contribution in [3.8, 4) is 0 Å². The number of hydrogen-bond acceptors (Lipinski definition) is 5. The van der Waals surface area contributed by atoms with Gasteiger partial charge in [-0.1, -0.05) is 25.4 Å². The predicted octanol–water partition coefficient (Wildman–Crippen LogP) is 5.91. The number of aromatic nitrogens is 3. The molecule has 4 atom stereocenters. The zero-order valence-electron chi connectivity index (χ0n) is 23.0. The summed E-state index contributed by atoms with van der Waals surface area (Å²) < 4.78 is 59.0. The van der Waals surface area contributed by atoms with Crippen molar-refractivity contribution in [3.05, 3.63) is 46.3 Å². The third-order valence-corrected chi connectivity index (χ3v) is 10.2. The Kier molecular flexibility index (Phi) is 7.41. The van der Waals surface area contributed by atoms with Crippen LogP contribution >= 0.6 is 11.6 Å². The number of carbonyl (C=O) groups is 2. The smallest absolute Gasteiger partial charge is 0.433 e. The van der Waals surface area contributed by atoms with E-state index in [1.807, 2.05) is 0 Å². The van der Waals surface area contributed by atoms with Crippen molar-refractivity contribution < 1.29 is 37.4 Å². The Hall–Kier alpha value is -2.73. The first-order valence-electron chi connectivity index (χ1n) is 13.7. The molecule has 13 heteroatoms. The molecule has 2 aromatic heterocycles. The van der Waals surface area contributed by atoms with Gasteiger partial charge in [-0.2, -0.15) is 18.3 Å². The van der Waals surface area contributed by atoms with Crippen LogP contribution < -0.4 is 0 Å². The highest BCUT2D eigenvalue weighted by Gasteiger charge is 2.63. The molecule has 2 N–H and O–H groups in total. The van der Waals surface area contributed by atoms with Gasteiger partial charge >= 0.3 is 12.1 Å². The maximum atomic E-state index is 14.5. The summed E-state index contributed by atoms with van der Waals surface area (Å²) in [5.41, 5.74) is -3.11. The van der Waals surface area contributed by atoms with E-state index in [-0.39, 0.29) is 53.5 Å². The van der Waals surface area contributed by atoms with E-state index in [9.17, 15) is 37.4 Å². The van der Waals surface area contributed by atoms with Gasteiger partial charge in [0.1, 0.15) is 11.9 Å². The molecule has 41 heavy (non-hydrogen) atoms. The van der Waals surface area contributed by atoms with Gasteiger partial charge in [0.25, 0.3) is 5.91 Å². The molecule has 3 fully saturated rings. The maximum Gasteiger partial charge on any atom is 0.433 e. The third-order valence-electron chi connectivity index (χ3n) is 9.85. The Morgan fingerprint density at radius 2 is 1.76 bits per heavy atom. The average molecular weight is 601 g/mol. The first-order valence-corrected chi connectivity index (χ1v) is 14.1. The monoisotopic (exact) mass is 600 g/mol. The molecule has 224 valence electrons. The second-order valence-electron chi connectivity index (χ2n) is 12.6. The number of aliphatic carboxylic acids is 1. The van der Waals surface area contributed by atoms with E-state index in [1.165, 1.54) is 4.90 Å². The largest absolute Gasteiger partial charge is 0.481 e. The summed E-state index contributed by atoms with van der Waals surface area (Å²) in [6.07, 6.45) is -1.86. The Bertz CT molecular complexity index is 1320. The van der Waals surface area contributed by atoms with E-state index < -0.39 is 65.3 Å². The van der Waals surface area contributed by atoms with Gasteiger partial charge in [-0.05, 0) is 62.7 Å². The molecular formula is C28H33ClF4N4O4. The Morgan fingerprint density at radius 1 is 1.15 bits per heavy atom. The first kappa shape index (κ1) is 29.8. The number of aliphatic hydroxyl groups is 1. The molecule has 0 radical (unpaired) electrons. The second-order valence-corrected chi connectivity index (χ2v) is 13.0. The Morgan fingerprint density at radius 3 is 2.29 bits per heavy atom. The highest BCUT2D eigenvalue weighted by atomic mass is 35.5. The van der Waals surface area contributed by atoms with Crippen LogP contribution in [0.1, 0.15) is 93.1 Å². The number of aliphatic hydroxyl groups excluding tert-OH is 1. The molecule has 3 aliphatic carbocycles. The van der Waals surface area contributed by atoms with Gasteiger partial charge in [0, 0.05) is 17.8 Å². The molecule has 0 bridgehead atoms. The number of carboxylic acids is 1. The zero-order chi connectivity index (χ0) is 30.1. The summed E-state index contributed by atoms with van der Waals surface area (Å²) in [6.45, 7) is 5.32. The summed E-state index contributed by atoms with van der Waals surface area (Å²) in [5.74, 6) is -2.26. The number of carbonyl (C=O) groups excluding carboxylic acids is 1. The number of fused-ring (bicyclic) bond motifs is 1. The lowest BCUT2D eigenvalue weighted by molar-refractivity contribution is -0.152. The minimum atomic E-state index is -4.93. The van der Waals surface area contributed by atoms with Crippen molar-refractivity contribution in [2.75, 3.05) is 6.54 Å². The molecule has 0 spiro atoms. The van der Waals surface area contributed by atoms with Gasteiger partial charge < -0.3 is 15.1 Å². The lowest BCUT2D eigenvalue weighted by Gasteiger charge is -2.35. The van der Waals surface area contributed by atoms with Crippen LogP contribution in [0, 0.1) is 28.5 Å². The quantitative estimate of drug-likeness (QED) is 0.383. The molecule has 3 aliphatic rings. The van der Waals surface area contributed by atoms with Crippen LogP contribution in [-0.4, -0.2) is 54.3 Å². The van der Waals surface area contributed by atoms with Gasteiger partial charge in [0.05, 0.1) is 41.0 Å². The van der Waals surface area contributed by atoms with Crippen molar-refractivity contribution >= 4 is 23.5 Å². The molecule has 0 aliphatic heterocycles. The molecule has 0 aromatic carbocycles. The molecule has 2 aromatic rings. The summed E-state index contributed by atoms with van der Waals surface area (Å²) in [4.78, 5) is 30.4. The van der Waals surface area contributed by atoms with Gasteiger partial charge in [0.15, 0.2) is 5.69 Å². The van der Waals surface area contributed by atoms with E-state index in [1.54, 1.807) is 6.92 Å². The van der Waals surface area contributed by atoms with E-state index in [2.05, 4.69) is 23.9 Å². The Labute approximate surface area is 239 Å². The summed E-state index contributed by atoms with van der Waals surface area (Å²) in [7, 11) is 0. The fourth-order valence-corrected chi connectivity index (χ4v) is 7.35. The van der Waals surface area contributed by atoms with Crippen molar-refractivity contribution in [3.63, 3.8) is 0 Å². The van der Waals surface area contributed by atoms with Crippen LogP contribution in [0.25, 0.3) is 0 Å². The lowest BCUT2D eigenvalue weighted by atomic mass is 9.74. The van der Waals surface area contributed by atoms with E-state index in [4.69, 9.17) is 11.6 Å². The predicted molar refractivity (Wildman–Crippen MR) is 139 cm³/mol. The second kappa shape index (κ2) is 10.2. The summed E-state index contributed by atoms with van der Waals surface area (Å²) in [6, 6.07) is -1.19. The van der Waals surface area contributed by atoms with E-state index >= 15 is 0 Å². The van der Waals surface area contributed by atoms with Crippen molar-refractivity contribution in [1.82, 2.24) is 19.7 Å². The number of nitrogens with zero attached hydrogens (tertiary/aromatic N) is 4. The van der Waals surface area contributed by atoms with Gasteiger partial charge in [-0.3, -0.25) is 19.3 Å². The fourth-order valence-electron chi connectivity index (χ4n) is 7.08. The SMILES string of the molecule is CC1(C)[C@@H]2C[C@H](N(C[C@@H](O)c3c(F)cncc3Cl)C(=O)c3cnn([C@H]4CC[C@](C)(C(=O)O)CC4)c3C(F)(F)F)C[C@@H]21. The van der Waals surface area contributed by atoms with Crippen LogP contribution in [0.3, 0.4) is 0 Å². The van der Waals surface area contributed by atoms with Crippen LogP contribution in [-0.2, 0) is 11.0 Å². The average Bonchev–Trinajstić information content (AvgIpc) is 3.30. The molecular weight excluding hydrogens is 568 g/mol. The minimum absolute atomic E-state index is 0.0673. The number of amides is 1. The number of alkyl halides is 3. The lowest BCUT2D eigenvalue weighted by Crippen LogP contribution is -2.43. The normalized spacial score (nSPS) is 29.6. The van der Waals surface area contributed by atoms with Crippen molar-refractivity contribution in [2.24, 2.45) is 22.7 Å². The molecule has 1 amide bonds. The van der Waals surface area contributed by atoms with Crippen LogP contribution in [0.15, 0.2) is 18.6 Å². The van der Waals surface area contributed by atoms with Crippen LogP contribution in [0.4, 0.5) is 17.6 Å². The van der Waals surface area contributed by atoms with Gasteiger partial charge in [-0.25, -0.2) is 4.39 Å².